The zero-order valence-electron chi connectivity index (χ0n) is 12.3. The van der Waals surface area contributed by atoms with Crippen LogP contribution in [-0.4, -0.2) is 18.6 Å². The molecule has 2 rings (SSSR count). The predicted octanol–water partition coefficient (Wildman–Crippen LogP) is 3.13. The van der Waals surface area contributed by atoms with Gasteiger partial charge in [-0.25, -0.2) is 0 Å². The highest BCUT2D eigenvalue weighted by atomic mass is 16.6. The van der Waals surface area contributed by atoms with E-state index < -0.39 is 4.92 Å². The van der Waals surface area contributed by atoms with Gasteiger partial charge in [-0.2, -0.15) is 0 Å². The Hall–Kier alpha value is -1.62. The second-order valence-corrected chi connectivity index (χ2v) is 5.88. The van der Waals surface area contributed by atoms with Crippen LogP contribution in [0.1, 0.15) is 32.3 Å². The van der Waals surface area contributed by atoms with Crippen molar-refractivity contribution < 1.29 is 9.66 Å². The van der Waals surface area contributed by atoms with Crippen molar-refractivity contribution in [1.29, 1.82) is 0 Å². The Morgan fingerprint density at radius 1 is 1.45 bits per heavy atom. The minimum atomic E-state index is -0.404. The molecule has 20 heavy (non-hydrogen) atoms. The fourth-order valence-electron chi connectivity index (χ4n) is 2.56. The number of hydrogen-bond acceptors (Lipinski definition) is 4. The van der Waals surface area contributed by atoms with Crippen LogP contribution in [0.25, 0.3) is 0 Å². The summed E-state index contributed by atoms with van der Waals surface area (Å²) >= 11 is 0. The number of hydrogen-bond donors (Lipinski definition) is 1. The Morgan fingerprint density at radius 2 is 2.15 bits per heavy atom. The fraction of sp³-hybridized carbons (Fsp3) is 0.600. The van der Waals surface area contributed by atoms with Crippen molar-refractivity contribution in [3.05, 3.63) is 33.9 Å². The van der Waals surface area contributed by atoms with E-state index >= 15 is 0 Å². The first kappa shape index (κ1) is 14.8. The molecule has 0 bridgehead atoms. The second kappa shape index (κ2) is 5.79. The number of benzene rings is 1. The maximum atomic E-state index is 11.0. The molecule has 1 aromatic rings. The highest BCUT2D eigenvalue weighted by Gasteiger charge is 2.44. The molecule has 0 unspecified atom stereocenters. The molecule has 0 atom stereocenters. The number of ether oxygens (including phenoxy) is 1. The van der Waals surface area contributed by atoms with Gasteiger partial charge in [0.2, 0.25) is 0 Å². The van der Waals surface area contributed by atoms with Gasteiger partial charge < -0.3 is 10.1 Å². The zero-order valence-corrected chi connectivity index (χ0v) is 12.3. The number of nitro groups is 1. The summed E-state index contributed by atoms with van der Waals surface area (Å²) in [5.41, 5.74) is 1.38. The lowest BCUT2D eigenvalue weighted by atomic mass is 9.92. The quantitative estimate of drug-likeness (QED) is 0.614. The van der Waals surface area contributed by atoms with E-state index in [4.69, 9.17) is 4.74 Å². The largest absolute Gasteiger partial charge is 0.490 e. The van der Waals surface area contributed by atoms with Gasteiger partial charge in [-0.05, 0) is 35.8 Å². The molecule has 0 heterocycles. The van der Waals surface area contributed by atoms with Crippen LogP contribution in [0.4, 0.5) is 5.69 Å². The molecule has 0 spiro atoms. The number of nitrogens with one attached hydrogen (secondary N) is 1. The number of nitro benzene ring substituents is 1. The fourth-order valence-corrected chi connectivity index (χ4v) is 2.56. The molecule has 1 fully saturated rings. The van der Waals surface area contributed by atoms with E-state index in [1.807, 2.05) is 6.07 Å². The minimum Gasteiger partial charge on any atom is -0.490 e. The first-order chi connectivity index (χ1) is 9.48. The molecule has 0 saturated heterocycles. The van der Waals surface area contributed by atoms with Crippen LogP contribution in [0.5, 0.6) is 5.75 Å². The van der Waals surface area contributed by atoms with Crippen LogP contribution in [0, 0.1) is 21.4 Å². The Balaban J connectivity index is 1.97. The summed E-state index contributed by atoms with van der Waals surface area (Å²) in [6, 6.07) is 5.11. The van der Waals surface area contributed by atoms with Gasteiger partial charge in [-0.3, -0.25) is 10.1 Å². The van der Waals surface area contributed by atoms with E-state index in [1.54, 1.807) is 12.1 Å². The number of rotatable bonds is 7. The molecule has 5 nitrogen and oxygen atoms in total. The van der Waals surface area contributed by atoms with E-state index in [1.165, 1.54) is 20.0 Å². The van der Waals surface area contributed by atoms with Crippen molar-refractivity contribution in [1.82, 2.24) is 5.32 Å². The molecule has 1 saturated carbocycles. The topological polar surface area (TPSA) is 64.4 Å². The molecule has 1 N–H and O–H groups in total. The summed E-state index contributed by atoms with van der Waals surface area (Å²) < 4.78 is 5.00. The zero-order chi connectivity index (χ0) is 14.8. The van der Waals surface area contributed by atoms with Crippen molar-refractivity contribution in [2.24, 2.45) is 11.3 Å². The molecule has 0 aromatic heterocycles. The maximum Gasteiger partial charge on any atom is 0.311 e. The van der Waals surface area contributed by atoms with Gasteiger partial charge in [0, 0.05) is 19.2 Å². The van der Waals surface area contributed by atoms with Crippen molar-refractivity contribution in [2.45, 2.75) is 33.2 Å². The van der Waals surface area contributed by atoms with Crippen LogP contribution < -0.4 is 10.1 Å². The van der Waals surface area contributed by atoms with Crippen molar-refractivity contribution in [3.8, 4) is 5.75 Å². The third kappa shape index (κ3) is 3.10. The molecular weight excluding hydrogens is 256 g/mol. The summed E-state index contributed by atoms with van der Waals surface area (Å²) in [6.45, 7) is 6.14. The Kier molecular flexibility index (Phi) is 4.28. The molecule has 110 valence electrons. The van der Waals surface area contributed by atoms with Crippen LogP contribution in [-0.2, 0) is 6.54 Å². The average molecular weight is 278 g/mol. The predicted molar refractivity (Wildman–Crippen MR) is 77.9 cm³/mol. The van der Waals surface area contributed by atoms with E-state index in [9.17, 15) is 10.1 Å². The standard InChI is InChI=1S/C15H22N2O3/c1-11(2)15(6-7-15)10-16-9-12-4-5-14(20-3)13(8-12)17(18)19/h4-5,8,11,16H,6-7,9-10H2,1-3H3. The van der Waals surface area contributed by atoms with Crippen molar-refractivity contribution in [3.63, 3.8) is 0 Å². The van der Waals surface area contributed by atoms with Crippen molar-refractivity contribution in [2.75, 3.05) is 13.7 Å². The third-order valence-electron chi connectivity index (χ3n) is 4.36. The summed E-state index contributed by atoms with van der Waals surface area (Å²) in [6.07, 6.45) is 2.56. The molecule has 1 aliphatic carbocycles. The maximum absolute atomic E-state index is 11.0. The highest BCUT2D eigenvalue weighted by molar-refractivity contribution is 5.48. The van der Waals surface area contributed by atoms with Gasteiger partial charge >= 0.3 is 5.69 Å². The SMILES string of the molecule is COc1ccc(CNCC2(C(C)C)CC2)cc1[N+](=O)[O-]. The van der Waals surface area contributed by atoms with E-state index in [2.05, 4.69) is 19.2 Å². The average Bonchev–Trinajstić information content (AvgIpc) is 3.19. The summed E-state index contributed by atoms with van der Waals surface area (Å²) in [7, 11) is 1.44. The first-order valence-electron chi connectivity index (χ1n) is 7.00. The highest BCUT2D eigenvalue weighted by Crippen LogP contribution is 2.51. The van der Waals surface area contributed by atoms with Gasteiger partial charge in [-0.1, -0.05) is 19.9 Å². The van der Waals surface area contributed by atoms with Gasteiger partial charge in [0.15, 0.2) is 5.75 Å². The molecule has 0 radical (unpaired) electrons. The summed E-state index contributed by atoms with van der Waals surface area (Å²) in [5, 5.41) is 14.4. The van der Waals surface area contributed by atoms with E-state index in [-0.39, 0.29) is 5.69 Å². The molecule has 1 aliphatic rings. The summed E-state index contributed by atoms with van der Waals surface area (Å²) in [4.78, 5) is 10.6. The lowest BCUT2D eigenvalue weighted by Gasteiger charge is -2.20. The van der Waals surface area contributed by atoms with Crippen molar-refractivity contribution >= 4 is 5.69 Å². The Morgan fingerprint density at radius 3 is 2.65 bits per heavy atom. The first-order valence-corrected chi connectivity index (χ1v) is 7.00. The number of nitrogens with zero attached hydrogens (tertiary/aromatic N) is 1. The Bertz CT molecular complexity index is 496. The monoisotopic (exact) mass is 278 g/mol. The third-order valence-corrected chi connectivity index (χ3v) is 4.36. The molecule has 0 amide bonds. The molecule has 1 aromatic carbocycles. The van der Waals surface area contributed by atoms with Gasteiger partial charge in [0.05, 0.1) is 12.0 Å². The molecule has 5 heteroatoms. The molecule has 0 aliphatic heterocycles. The Labute approximate surface area is 119 Å². The van der Waals surface area contributed by atoms with E-state index in [0.29, 0.717) is 23.6 Å². The lowest BCUT2D eigenvalue weighted by Crippen LogP contribution is -2.27. The smallest absolute Gasteiger partial charge is 0.311 e. The van der Waals surface area contributed by atoms with Crippen LogP contribution in [0.3, 0.4) is 0 Å². The second-order valence-electron chi connectivity index (χ2n) is 5.88. The van der Waals surface area contributed by atoms with Crippen LogP contribution in [0.15, 0.2) is 18.2 Å². The lowest BCUT2D eigenvalue weighted by molar-refractivity contribution is -0.385. The van der Waals surface area contributed by atoms with Gasteiger partial charge in [0.1, 0.15) is 0 Å². The van der Waals surface area contributed by atoms with Gasteiger partial charge in [-0.15, -0.1) is 0 Å². The van der Waals surface area contributed by atoms with Gasteiger partial charge in [0.25, 0.3) is 0 Å². The minimum absolute atomic E-state index is 0.0248. The van der Waals surface area contributed by atoms with E-state index in [0.717, 1.165) is 12.1 Å². The molecular formula is C15H22N2O3. The normalized spacial score (nSPS) is 16.2. The van der Waals surface area contributed by atoms with Crippen LogP contribution in [0.2, 0.25) is 0 Å². The summed E-state index contributed by atoms with van der Waals surface area (Å²) in [5.74, 6) is 0.986. The van der Waals surface area contributed by atoms with Crippen LogP contribution >= 0.6 is 0 Å². The number of methoxy groups -OCH3 is 1.